The first-order chi connectivity index (χ1) is 25.3. The third-order valence-electron chi connectivity index (χ3n) is 7.90. The molecule has 0 fully saturated rings. The van der Waals surface area contributed by atoms with Gasteiger partial charge in [0.25, 0.3) is 0 Å². The van der Waals surface area contributed by atoms with E-state index in [1.165, 1.54) is 37.7 Å². The molecular weight excluding hydrogens is 687 g/mol. The molecule has 0 N–H and O–H groups in total. The van der Waals surface area contributed by atoms with Crippen molar-refractivity contribution < 1.29 is 38.0 Å². The molecule has 0 radical (unpaired) electrons. The lowest BCUT2D eigenvalue weighted by Gasteiger charge is -2.25. The third-order valence-corrected chi connectivity index (χ3v) is 8.97. The van der Waals surface area contributed by atoms with Gasteiger partial charge in [0.2, 0.25) is 5.69 Å². The number of nitrogens with zero attached hydrogens (tertiary/aromatic N) is 5. The molecule has 0 saturated carbocycles. The minimum absolute atomic E-state index is 0.0638. The summed E-state index contributed by atoms with van der Waals surface area (Å²) in [5.41, 5.74) is 3.79. The number of benzene rings is 1. The second kappa shape index (κ2) is 26.6. The van der Waals surface area contributed by atoms with Gasteiger partial charge in [0.05, 0.1) is 89.4 Å². The fourth-order valence-electron chi connectivity index (χ4n) is 4.98. The lowest BCUT2D eigenvalue weighted by molar-refractivity contribution is -0.154. The van der Waals surface area contributed by atoms with E-state index in [0.717, 1.165) is 30.8 Å². The third kappa shape index (κ3) is 16.4. The maximum absolute atomic E-state index is 11.9. The van der Waals surface area contributed by atoms with E-state index in [4.69, 9.17) is 35.0 Å². The number of thiophene rings is 1. The van der Waals surface area contributed by atoms with Crippen LogP contribution in [-0.4, -0.2) is 91.6 Å². The SMILES string of the molecule is [C-]#[N+]c1c(N=Nc2ccc(N(CCCCCC)CCOCCOCCOCCOCCOC(=O)CC(CC=C)C(=O)OC)cc2C)sc(C#N)c1C. The number of azo groups is 1. The summed E-state index contributed by atoms with van der Waals surface area (Å²) >= 11 is 1.18. The highest BCUT2D eigenvalue weighted by Gasteiger charge is 2.22. The van der Waals surface area contributed by atoms with Crippen LogP contribution in [0.2, 0.25) is 0 Å². The standard InChI is InChI=1S/C38H53N5O8S/c1-7-9-10-11-15-43(32-13-14-33(29(3)26-32)41-42-37-36(40-5)30(4)34(28-39)52-37)16-17-47-18-19-48-20-21-49-22-23-50-24-25-51-35(44)27-31(12-8-2)38(45)46-6/h8,13-14,26,31H,2,7,9-12,15-25,27H2,1,3-4,6H3. The largest absolute Gasteiger partial charge is 0.469 e. The molecule has 52 heavy (non-hydrogen) atoms. The number of rotatable bonds is 28. The maximum atomic E-state index is 11.9. The van der Waals surface area contributed by atoms with Gasteiger partial charge in [0.1, 0.15) is 17.7 Å². The van der Waals surface area contributed by atoms with Crippen LogP contribution in [0.25, 0.3) is 4.85 Å². The van der Waals surface area contributed by atoms with Gasteiger partial charge in [-0.05, 0) is 56.0 Å². The highest BCUT2D eigenvalue weighted by Crippen LogP contribution is 2.42. The van der Waals surface area contributed by atoms with Gasteiger partial charge < -0.3 is 33.3 Å². The molecule has 0 bridgehead atoms. The molecule has 1 aromatic heterocycles. The lowest BCUT2D eigenvalue weighted by atomic mass is 10.0. The van der Waals surface area contributed by atoms with E-state index in [2.05, 4.69) is 45.6 Å². The number of methoxy groups -OCH3 is 1. The lowest BCUT2D eigenvalue weighted by Crippen LogP contribution is -2.29. The second-order valence-electron chi connectivity index (χ2n) is 11.8. The molecular formula is C38H53N5O8S. The summed E-state index contributed by atoms with van der Waals surface area (Å²) in [5.74, 6) is -1.54. The first kappa shape index (κ1) is 44.0. The Balaban J connectivity index is 1.65. The number of unbranched alkanes of at least 4 members (excludes halogenated alkanes) is 3. The zero-order valence-electron chi connectivity index (χ0n) is 31.0. The van der Waals surface area contributed by atoms with E-state index in [1.54, 1.807) is 13.0 Å². The van der Waals surface area contributed by atoms with E-state index in [1.807, 2.05) is 19.1 Å². The van der Waals surface area contributed by atoms with Gasteiger partial charge in [-0.3, -0.25) is 9.59 Å². The first-order valence-corrected chi connectivity index (χ1v) is 18.4. The Kier molecular flexibility index (Phi) is 22.5. The van der Waals surface area contributed by atoms with Crippen molar-refractivity contribution in [2.45, 2.75) is 59.3 Å². The summed E-state index contributed by atoms with van der Waals surface area (Å²) in [7, 11) is 1.28. The Bertz CT molecular complexity index is 1500. The fourth-order valence-corrected chi connectivity index (χ4v) is 5.85. The Morgan fingerprint density at radius 1 is 0.981 bits per heavy atom. The summed E-state index contributed by atoms with van der Waals surface area (Å²) in [6, 6.07) is 8.20. The second-order valence-corrected chi connectivity index (χ2v) is 12.8. The molecule has 14 heteroatoms. The van der Waals surface area contributed by atoms with E-state index in [9.17, 15) is 14.9 Å². The topological polar surface area (TPSA) is 146 Å². The Hall–Kier alpha value is -4.18. The van der Waals surface area contributed by atoms with Crippen LogP contribution in [0, 0.1) is 37.7 Å². The van der Waals surface area contributed by atoms with Crippen molar-refractivity contribution >= 4 is 45.3 Å². The molecule has 1 heterocycles. The molecule has 2 rings (SSSR count). The number of nitriles is 1. The van der Waals surface area contributed by atoms with Crippen LogP contribution in [0.1, 0.15) is 61.5 Å². The molecule has 2 aromatic rings. The monoisotopic (exact) mass is 739 g/mol. The average Bonchev–Trinajstić information content (AvgIpc) is 3.46. The van der Waals surface area contributed by atoms with Crippen LogP contribution in [-0.2, 0) is 38.0 Å². The van der Waals surface area contributed by atoms with Gasteiger partial charge in [-0.2, -0.15) is 15.5 Å². The number of carbonyl (C=O) groups excluding carboxylic acids is 2. The number of allylic oxidation sites excluding steroid dienone is 1. The highest BCUT2D eigenvalue weighted by atomic mass is 32.1. The van der Waals surface area contributed by atoms with Crippen LogP contribution < -0.4 is 4.90 Å². The van der Waals surface area contributed by atoms with Gasteiger partial charge in [-0.1, -0.05) is 32.3 Å². The summed E-state index contributed by atoms with van der Waals surface area (Å²) < 4.78 is 32.2. The molecule has 1 atom stereocenters. The van der Waals surface area contributed by atoms with E-state index >= 15 is 0 Å². The molecule has 0 spiro atoms. The molecule has 0 saturated heterocycles. The summed E-state index contributed by atoms with van der Waals surface area (Å²) in [5, 5.41) is 18.5. The maximum Gasteiger partial charge on any atom is 0.309 e. The number of hydrogen-bond donors (Lipinski definition) is 0. The fraction of sp³-hybridized carbons (Fsp3) is 0.579. The van der Waals surface area contributed by atoms with E-state index in [0.29, 0.717) is 79.5 Å². The minimum atomic E-state index is -0.593. The molecule has 0 aliphatic rings. The van der Waals surface area contributed by atoms with Gasteiger partial charge in [0.15, 0.2) is 0 Å². The van der Waals surface area contributed by atoms with Crippen molar-refractivity contribution in [1.29, 1.82) is 5.26 Å². The zero-order chi connectivity index (χ0) is 38.0. The predicted octanol–water partition coefficient (Wildman–Crippen LogP) is 7.95. The van der Waals surface area contributed by atoms with Gasteiger partial charge in [-0.15, -0.1) is 17.9 Å². The highest BCUT2D eigenvalue weighted by molar-refractivity contribution is 7.17. The Morgan fingerprint density at radius 3 is 2.21 bits per heavy atom. The van der Waals surface area contributed by atoms with Crippen molar-refractivity contribution in [3.8, 4) is 6.07 Å². The summed E-state index contributed by atoms with van der Waals surface area (Å²) in [6.45, 7) is 22.1. The van der Waals surface area contributed by atoms with E-state index < -0.39 is 17.9 Å². The number of ether oxygens (including phenoxy) is 6. The summed E-state index contributed by atoms with van der Waals surface area (Å²) in [6.07, 6.45) is 6.48. The van der Waals surface area contributed by atoms with Crippen molar-refractivity contribution in [3.63, 3.8) is 0 Å². The average molecular weight is 740 g/mol. The van der Waals surface area contributed by atoms with Crippen molar-refractivity contribution in [2.75, 3.05) is 84.6 Å². The molecule has 0 aliphatic heterocycles. The quantitative estimate of drug-likeness (QED) is 0.0277. The van der Waals surface area contributed by atoms with Crippen LogP contribution in [0.15, 0.2) is 41.1 Å². The van der Waals surface area contributed by atoms with Crippen LogP contribution in [0.5, 0.6) is 0 Å². The zero-order valence-corrected chi connectivity index (χ0v) is 31.8. The molecule has 1 aromatic carbocycles. The van der Waals surface area contributed by atoms with Gasteiger partial charge in [0, 0.05) is 18.8 Å². The van der Waals surface area contributed by atoms with Crippen LogP contribution in [0.3, 0.4) is 0 Å². The number of hydrogen-bond acceptors (Lipinski definition) is 13. The Morgan fingerprint density at radius 2 is 1.63 bits per heavy atom. The summed E-state index contributed by atoms with van der Waals surface area (Å²) in [4.78, 5) is 30.0. The molecule has 13 nitrogen and oxygen atoms in total. The van der Waals surface area contributed by atoms with Crippen molar-refractivity contribution in [1.82, 2.24) is 0 Å². The molecule has 1 unspecified atom stereocenters. The predicted molar refractivity (Wildman–Crippen MR) is 201 cm³/mol. The van der Waals surface area contributed by atoms with Crippen molar-refractivity contribution in [3.05, 3.63) is 58.3 Å². The normalized spacial score (nSPS) is 11.6. The van der Waals surface area contributed by atoms with Gasteiger partial charge >= 0.3 is 11.9 Å². The minimum Gasteiger partial charge on any atom is -0.469 e. The van der Waals surface area contributed by atoms with Crippen molar-refractivity contribution in [2.24, 2.45) is 16.1 Å². The first-order valence-electron chi connectivity index (χ1n) is 17.6. The smallest absolute Gasteiger partial charge is 0.309 e. The van der Waals surface area contributed by atoms with Gasteiger partial charge in [-0.25, -0.2) is 4.85 Å². The van der Waals surface area contributed by atoms with Crippen LogP contribution in [0.4, 0.5) is 22.1 Å². The number of esters is 2. The molecule has 284 valence electrons. The van der Waals surface area contributed by atoms with Crippen LogP contribution >= 0.6 is 11.3 Å². The van der Waals surface area contributed by atoms with E-state index in [-0.39, 0.29) is 19.6 Å². The molecule has 0 amide bonds. The molecule has 0 aliphatic carbocycles. The number of aryl methyl sites for hydroxylation is 1. The number of anilines is 1. The Labute approximate surface area is 312 Å². The number of carbonyl (C=O) groups is 2.